The number of nitrogens with zero attached hydrogens (tertiary/aromatic N) is 4. The molecule has 0 rings (SSSR count). The molecule has 0 bridgehead atoms. The van der Waals surface area contributed by atoms with Crippen LogP contribution < -0.4 is 45.0 Å². The first-order chi connectivity index (χ1) is 29.5. The quantitative estimate of drug-likeness (QED) is 0.0106. The molecule has 0 aromatic rings. The second-order valence-corrected chi connectivity index (χ2v) is 19.0. The van der Waals surface area contributed by atoms with Crippen LogP contribution in [0.3, 0.4) is 0 Å². The van der Waals surface area contributed by atoms with Crippen molar-refractivity contribution in [3.05, 3.63) is 0 Å². The summed E-state index contributed by atoms with van der Waals surface area (Å²) in [6.45, 7) is 3.29. The molecule has 34 heteroatoms. The van der Waals surface area contributed by atoms with Crippen molar-refractivity contribution < 1.29 is 53.6 Å². The van der Waals surface area contributed by atoms with Gasteiger partial charge in [-0.25, -0.2) is 0 Å². The number of rotatable bonds is 40. The van der Waals surface area contributed by atoms with Gasteiger partial charge < -0.3 is 72.9 Å². The molecule has 0 saturated heterocycles. The van der Waals surface area contributed by atoms with E-state index in [0.29, 0.717) is 110 Å². The van der Waals surface area contributed by atoms with Crippen molar-refractivity contribution in [2.75, 3.05) is 104 Å². The summed E-state index contributed by atoms with van der Waals surface area (Å²) in [5.41, 5.74) is 32.3. The monoisotopic (exact) mass is 1180 g/mol. The molecule has 0 aromatic heterocycles. The van der Waals surface area contributed by atoms with E-state index in [9.17, 15) is 35.5 Å². The van der Waals surface area contributed by atoms with Gasteiger partial charge in [-0.2, -0.15) is 26.3 Å². The molecule has 0 fully saturated rings. The molecule has 0 saturated carbocycles. The van der Waals surface area contributed by atoms with Gasteiger partial charge in [-0.15, -0.1) is 74.4 Å². The van der Waals surface area contributed by atoms with Crippen LogP contribution in [-0.4, -0.2) is 150 Å². The molecule has 20 nitrogen and oxygen atoms in total. The fourth-order valence-electron chi connectivity index (χ4n) is 5.68. The summed E-state index contributed by atoms with van der Waals surface area (Å²) in [6.07, 6.45) is -6.81. The van der Waals surface area contributed by atoms with E-state index in [0.717, 1.165) is 0 Å². The van der Waals surface area contributed by atoms with Gasteiger partial charge in [0.1, 0.15) is 0 Å². The average Bonchev–Trinajstić information content (AvgIpc) is 3.17. The zero-order valence-electron chi connectivity index (χ0n) is 38.8. The first-order valence-corrected chi connectivity index (χ1v) is 24.6. The predicted octanol–water partition coefficient (Wildman–Crippen LogP) is 6.28. The third-order valence-corrected chi connectivity index (χ3v) is 12.6. The number of unbranched alkanes of at least 4 members (excludes halogenated alkanes) is 4. The molecule has 0 aliphatic carbocycles. The second kappa shape index (κ2) is 47.6. The Kier molecular flexibility index (Phi) is 56.4. The first kappa shape index (κ1) is 81.7. The zero-order chi connectivity index (χ0) is 47.6. The van der Waals surface area contributed by atoms with Crippen LogP contribution in [0.25, 0.3) is 0 Å². The molecule has 2 unspecified atom stereocenters. The summed E-state index contributed by atoms with van der Waals surface area (Å²) in [5.74, 6) is -0.473. The van der Waals surface area contributed by atoms with Gasteiger partial charge in [0.25, 0.3) is 0 Å². The summed E-state index contributed by atoms with van der Waals surface area (Å²) in [6, 6.07) is 0. The van der Waals surface area contributed by atoms with E-state index in [2.05, 4.69) is 20.6 Å². The number of alkyl halides is 6. The highest BCUT2D eigenvalue weighted by atomic mass is 35.5. The van der Waals surface area contributed by atoms with Gasteiger partial charge >= 0.3 is 27.5 Å². The average molecular weight is 1180 g/mol. The van der Waals surface area contributed by atoms with Crippen molar-refractivity contribution in [3.63, 3.8) is 0 Å². The van der Waals surface area contributed by atoms with Gasteiger partial charge in [0.2, 0.25) is 0 Å². The molecule has 420 valence electrons. The van der Waals surface area contributed by atoms with Crippen molar-refractivity contribution in [2.24, 2.45) is 44.4 Å². The highest BCUT2D eigenvalue weighted by molar-refractivity contribution is 7.54. The number of hydrogen-bond donors (Lipinski definition) is 10. The fraction of sp³-hybridized carbons (Fsp3) is 0.886. The van der Waals surface area contributed by atoms with Crippen molar-refractivity contribution in [1.29, 1.82) is 10.8 Å². The van der Waals surface area contributed by atoms with Gasteiger partial charge in [0.15, 0.2) is 23.8 Å². The minimum Gasteiger partial charge on any atom is -0.370 e. The number of nitrogens with two attached hydrogens (primary N) is 6. The molecule has 0 amide bonds. The van der Waals surface area contributed by atoms with Crippen LogP contribution in [-0.2, 0) is 27.2 Å². The summed E-state index contributed by atoms with van der Waals surface area (Å²) in [5, 5.41) is 20.1. The summed E-state index contributed by atoms with van der Waals surface area (Å²) < 4.78 is 127. The second-order valence-electron chi connectivity index (χ2n) is 14.6. The molecular weight excluding hydrogens is 1100 g/mol. The normalized spacial score (nSPS) is 12.8. The lowest BCUT2D eigenvalue weighted by molar-refractivity contribution is -0.137. The highest BCUT2D eigenvalue weighted by Gasteiger charge is 2.31. The van der Waals surface area contributed by atoms with Gasteiger partial charge in [0.05, 0.1) is 38.8 Å². The van der Waals surface area contributed by atoms with E-state index in [1.165, 1.54) is 0 Å². The van der Waals surface area contributed by atoms with Crippen molar-refractivity contribution >= 4 is 113 Å². The first-order valence-electron chi connectivity index (χ1n) is 21.1. The zero-order valence-corrected chi connectivity index (χ0v) is 45.5. The van der Waals surface area contributed by atoms with Crippen molar-refractivity contribution in [3.8, 4) is 0 Å². The van der Waals surface area contributed by atoms with Gasteiger partial charge in [-0.05, 0) is 77.5 Å². The van der Waals surface area contributed by atoms with E-state index in [1.54, 1.807) is 0 Å². The Morgan fingerprint density at radius 3 is 1.04 bits per heavy atom. The topological polar surface area (TPSA) is 330 Å². The number of nitrogens with one attached hydrogen (secondary N) is 4. The molecule has 69 heavy (non-hydrogen) atoms. The van der Waals surface area contributed by atoms with Crippen molar-refractivity contribution in [1.82, 2.24) is 20.4 Å². The molecule has 0 aliphatic heterocycles. The molecule has 16 N–H and O–H groups in total. The van der Waals surface area contributed by atoms with E-state index in [-0.39, 0.29) is 150 Å². The molecular formula is C35H80Cl6F6N14O6P2. The number of hydrogen-bond acceptors (Lipinski definition) is 12. The Balaban J connectivity index is -0.00000128. The van der Waals surface area contributed by atoms with Crippen LogP contribution >= 0.6 is 89.6 Å². The third-order valence-electron chi connectivity index (χ3n) is 8.82. The van der Waals surface area contributed by atoms with Crippen LogP contribution in [0.2, 0.25) is 0 Å². The number of guanidine groups is 4. The molecule has 0 radical (unpaired) electrons. The van der Waals surface area contributed by atoms with Crippen LogP contribution in [0.4, 0.5) is 26.3 Å². The minimum absolute atomic E-state index is 0. The maximum atomic E-state index is 13.8. The molecule has 0 heterocycles. The Labute approximate surface area is 440 Å². The third kappa shape index (κ3) is 55.8. The number of aliphatic imine (C=N–C) groups is 2. The van der Waals surface area contributed by atoms with E-state index in [1.807, 2.05) is 9.80 Å². The molecule has 2 atom stereocenters. The van der Waals surface area contributed by atoms with Crippen molar-refractivity contribution in [2.45, 2.75) is 95.8 Å². The minimum atomic E-state index is -4.39. The maximum absolute atomic E-state index is 13.8. The lowest BCUT2D eigenvalue weighted by Gasteiger charge is -2.25. The van der Waals surface area contributed by atoms with Gasteiger partial charge in [-0.1, -0.05) is 19.3 Å². The van der Waals surface area contributed by atoms with E-state index < -0.39 is 53.6 Å². The van der Waals surface area contributed by atoms with Gasteiger partial charge in [-0.3, -0.25) is 29.9 Å². The lowest BCUT2D eigenvalue weighted by Crippen LogP contribution is -2.35. The standard InChI is InChI=1S/C35H74F6N14O6P2.6ClH/c36-34(37,38)12-6-26-60-62(56,28-22-54(18-8-14-50-30(42)43)19-9-15-51-31(44)45)58-24-4-2-1-3-5-25-59-63(57,61-27-7-13-35(39,40)41)29-23-55(20-10-16-52-32(46)47)21-11-17-53-33(48)49;;;;;;/h1-29H2,(H4,42,43,50)(H4,44,45,51)(H4,46,47,52)(H4,48,49,53);6*1H. The lowest BCUT2D eigenvalue weighted by atomic mass is 10.2. The number of halogens is 12. The summed E-state index contributed by atoms with van der Waals surface area (Å²) in [7, 11) is -7.64. The Hall–Kier alpha value is -1.38. The SMILES string of the molecule is Cl.Cl.Cl.Cl.Cl.Cl.N=C(N)NCCCN(CCCN=C(N)N)CCP(=O)(OCCCCCCCOP(=O)(CCN(CCCN=C(N)N)CCCNC(=N)N)OCCCC(F)(F)F)OCCCC(F)(F)F. The van der Waals surface area contributed by atoms with Crippen LogP contribution in [0.15, 0.2) is 9.98 Å². The van der Waals surface area contributed by atoms with E-state index in [4.69, 9.17) is 63.3 Å². The predicted molar refractivity (Wildman–Crippen MR) is 278 cm³/mol. The smallest absolute Gasteiger partial charge is 0.370 e. The molecule has 0 aliphatic rings. The van der Waals surface area contributed by atoms with E-state index >= 15 is 0 Å². The largest absolute Gasteiger partial charge is 0.389 e. The van der Waals surface area contributed by atoms with Gasteiger partial charge in [0, 0.05) is 52.1 Å². The Morgan fingerprint density at radius 2 is 0.754 bits per heavy atom. The maximum Gasteiger partial charge on any atom is 0.389 e. The van der Waals surface area contributed by atoms with Crippen LogP contribution in [0, 0.1) is 10.8 Å². The summed E-state index contributed by atoms with van der Waals surface area (Å²) >= 11 is 0. The highest BCUT2D eigenvalue weighted by Crippen LogP contribution is 2.49. The molecule has 0 spiro atoms. The summed E-state index contributed by atoms with van der Waals surface area (Å²) in [4.78, 5) is 11.9. The Morgan fingerprint density at radius 1 is 0.464 bits per heavy atom. The fourth-order valence-corrected chi connectivity index (χ4v) is 9.03. The Bertz CT molecular complexity index is 1330. The van der Waals surface area contributed by atoms with Crippen LogP contribution in [0.1, 0.15) is 83.5 Å². The molecule has 0 aromatic carbocycles. The van der Waals surface area contributed by atoms with Crippen LogP contribution in [0.5, 0.6) is 0 Å².